The maximum Gasteiger partial charge on any atom is 0.432 e. The van der Waals surface area contributed by atoms with Gasteiger partial charge in [0.1, 0.15) is 10.7 Å². The van der Waals surface area contributed by atoms with E-state index in [0.717, 1.165) is 7.05 Å². The van der Waals surface area contributed by atoms with E-state index < -0.39 is 23.1 Å². The summed E-state index contributed by atoms with van der Waals surface area (Å²) in [5, 5.41) is 0.363. The zero-order valence-electron chi connectivity index (χ0n) is 9.01. The average molecular weight is 285 g/mol. The van der Waals surface area contributed by atoms with E-state index in [9.17, 15) is 26.3 Å². The van der Waals surface area contributed by atoms with E-state index in [4.69, 9.17) is 11.6 Å². The van der Waals surface area contributed by atoms with Crippen molar-refractivity contribution in [2.45, 2.75) is 12.4 Å². The van der Waals surface area contributed by atoms with Crippen LogP contribution in [0, 0.1) is 0 Å². The topological polar surface area (TPSA) is 15.3 Å². The van der Waals surface area contributed by atoms with Gasteiger partial charge in [0.15, 0.2) is 0 Å². The molecular formula is C8H11ClF6N2. The Labute approximate surface area is 99.2 Å². The molecule has 0 aliphatic carbocycles. The lowest BCUT2D eigenvalue weighted by Gasteiger charge is -2.26. The van der Waals surface area contributed by atoms with Gasteiger partial charge in [-0.2, -0.15) is 26.3 Å². The molecule has 0 aromatic carbocycles. The summed E-state index contributed by atoms with van der Waals surface area (Å²) in [6, 6.07) is 0. The summed E-state index contributed by atoms with van der Waals surface area (Å²) in [4.78, 5) is 0.423. The van der Waals surface area contributed by atoms with E-state index in [1.807, 2.05) is 0 Å². The molecule has 0 saturated heterocycles. The average Bonchev–Trinajstić information content (AvgIpc) is 2.11. The highest BCUT2D eigenvalue weighted by molar-refractivity contribution is 6.30. The summed E-state index contributed by atoms with van der Waals surface area (Å²) < 4.78 is 74.0. The summed E-state index contributed by atoms with van der Waals surface area (Å²) in [6.07, 6.45) is -10.4. The lowest BCUT2D eigenvalue weighted by atomic mass is 10.3. The van der Waals surface area contributed by atoms with Crippen molar-refractivity contribution in [1.82, 2.24) is 10.2 Å². The predicted molar refractivity (Wildman–Crippen MR) is 51.5 cm³/mol. The van der Waals surface area contributed by atoms with Crippen LogP contribution in [-0.4, -0.2) is 44.4 Å². The summed E-state index contributed by atoms with van der Waals surface area (Å²) in [5.41, 5.74) is -1.89. The van der Waals surface area contributed by atoms with Crippen molar-refractivity contribution in [3.63, 3.8) is 0 Å². The normalized spacial score (nSPS) is 14.6. The first-order valence-electron chi connectivity index (χ1n) is 4.41. The van der Waals surface area contributed by atoms with Gasteiger partial charge in [0.2, 0.25) is 0 Å². The van der Waals surface area contributed by atoms with Crippen molar-refractivity contribution in [3.8, 4) is 0 Å². The molecule has 0 fully saturated rings. The summed E-state index contributed by atoms with van der Waals surface area (Å²) in [6.45, 7) is -0.157. The first-order valence-corrected chi connectivity index (χ1v) is 4.79. The Morgan fingerprint density at radius 1 is 1.12 bits per heavy atom. The van der Waals surface area contributed by atoms with Crippen molar-refractivity contribution in [2.24, 2.45) is 0 Å². The van der Waals surface area contributed by atoms with Crippen LogP contribution in [0.5, 0.6) is 0 Å². The number of rotatable bonds is 4. The minimum Gasteiger partial charge on any atom is -0.368 e. The van der Waals surface area contributed by atoms with Gasteiger partial charge < -0.3 is 10.2 Å². The molecule has 0 aromatic rings. The fourth-order valence-electron chi connectivity index (χ4n) is 1.03. The number of nitrogens with zero attached hydrogens (tertiary/aromatic N) is 1. The molecule has 0 saturated carbocycles. The zero-order chi connectivity index (χ0) is 13.9. The second kappa shape index (κ2) is 5.81. The Morgan fingerprint density at radius 3 is 1.88 bits per heavy atom. The van der Waals surface area contributed by atoms with E-state index in [1.165, 1.54) is 7.05 Å². The van der Waals surface area contributed by atoms with Crippen LogP contribution >= 0.6 is 11.6 Å². The molecular weight excluding hydrogens is 274 g/mol. The van der Waals surface area contributed by atoms with Crippen LogP contribution in [-0.2, 0) is 0 Å². The van der Waals surface area contributed by atoms with Crippen LogP contribution in [0.2, 0.25) is 0 Å². The van der Waals surface area contributed by atoms with Gasteiger partial charge in [0.25, 0.3) is 0 Å². The van der Waals surface area contributed by atoms with Crippen LogP contribution < -0.4 is 5.32 Å². The summed E-state index contributed by atoms with van der Waals surface area (Å²) in [7, 11) is 2.37. The lowest BCUT2D eigenvalue weighted by Crippen LogP contribution is -2.35. The number of halogens is 7. The highest BCUT2D eigenvalue weighted by Crippen LogP contribution is 2.39. The Balaban J connectivity index is 5.30. The maximum absolute atomic E-state index is 12.5. The summed E-state index contributed by atoms with van der Waals surface area (Å²) >= 11 is 4.75. The van der Waals surface area contributed by atoms with Crippen LogP contribution in [0.15, 0.2) is 10.7 Å². The number of alkyl halides is 6. The SMILES string of the molecule is CNCCN(C)/C(=C(/Cl)C(F)(F)F)C(F)(F)F. The first kappa shape index (κ1) is 16.4. The molecule has 2 nitrogen and oxygen atoms in total. The number of likely N-dealkylation sites (N-methyl/N-ethyl adjacent to an activating group) is 2. The molecule has 0 bridgehead atoms. The standard InChI is InChI=1S/C8H11ClF6N2/c1-16-3-4-17(2)6(8(13,14)15)5(9)7(10,11)12/h16H,3-4H2,1-2H3/b6-5+. The Morgan fingerprint density at radius 2 is 1.59 bits per heavy atom. The molecule has 102 valence electrons. The molecule has 0 aliphatic heterocycles. The van der Waals surface area contributed by atoms with Crippen molar-refractivity contribution >= 4 is 11.6 Å². The zero-order valence-corrected chi connectivity index (χ0v) is 9.76. The monoisotopic (exact) mass is 284 g/mol. The van der Waals surface area contributed by atoms with Gasteiger partial charge in [-0.25, -0.2) is 0 Å². The van der Waals surface area contributed by atoms with E-state index in [1.54, 1.807) is 0 Å². The smallest absolute Gasteiger partial charge is 0.368 e. The second-order valence-electron chi connectivity index (χ2n) is 3.18. The number of nitrogens with one attached hydrogen (secondary N) is 1. The quantitative estimate of drug-likeness (QED) is 0.799. The van der Waals surface area contributed by atoms with Gasteiger partial charge in [-0.1, -0.05) is 11.6 Å². The fraction of sp³-hybridized carbons (Fsp3) is 0.750. The van der Waals surface area contributed by atoms with Crippen molar-refractivity contribution in [3.05, 3.63) is 10.7 Å². The van der Waals surface area contributed by atoms with E-state index in [-0.39, 0.29) is 13.1 Å². The lowest BCUT2D eigenvalue weighted by molar-refractivity contribution is -0.124. The molecule has 0 rings (SSSR count). The Kier molecular flexibility index (Phi) is 5.60. The Bertz CT molecular complexity index is 283. The molecule has 0 aliphatic rings. The molecule has 0 unspecified atom stereocenters. The third-order valence-electron chi connectivity index (χ3n) is 1.80. The van der Waals surface area contributed by atoms with Gasteiger partial charge in [-0.3, -0.25) is 0 Å². The maximum atomic E-state index is 12.5. The number of hydrogen-bond donors (Lipinski definition) is 1. The van der Waals surface area contributed by atoms with E-state index in [0.29, 0.717) is 4.90 Å². The minimum atomic E-state index is -5.22. The third kappa shape index (κ3) is 5.03. The van der Waals surface area contributed by atoms with Gasteiger partial charge in [-0.05, 0) is 7.05 Å². The fourth-order valence-corrected chi connectivity index (χ4v) is 1.29. The molecule has 9 heteroatoms. The molecule has 0 radical (unpaired) electrons. The van der Waals surface area contributed by atoms with Gasteiger partial charge in [-0.15, -0.1) is 0 Å². The van der Waals surface area contributed by atoms with E-state index in [2.05, 4.69) is 5.32 Å². The van der Waals surface area contributed by atoms with Crippen LogP contribution in [0.4, 0.5) is 26.3 Å². The molecule has 0 spiro atoms. The second-order valence-corrected chi connectivity index (χ2v) is 3.56. The third-order valence-corrected chi connectivity index (χ3v) is 2.20. The van der Waals surface area contributed by atoms with Crippen LogP contribution in [0.1, 0.15) is 0 Å². The molecule has 0 atom stereocenters. The summed E-state index contributed by atoms with van der Waals surface area (Å²) in [5.74, 6) is 0. The van der Waals surface area contributed by atoms with Crippen molar-refractivity contribution in [1.29, 1.82) is 0 Å². The molecule has 0 amide bonds. The predicted octanol–water partition coefficient (Wildman–Crippen LogP) is 2.71. The van der Waals surface area contributed by atoms with Gasteiger partial charge >= 0.3 is 12.4 Å². The largest absolute Gasteiger partial charge is 0.432 e. The highest BCUT2D eigenvalue weighted by atomic mass is 35.5. The van der Waals surface area contributed by atoms with Crippen LogP contribution in [0.25, 0.3) is 0 Å². The van der Waals surface area contributed by atoms with E-state index >= 15 is 0 Å². The van der Waals surface area contributed by atoms with Crippen LogP contribution in [0.3, 0.4) is 0 Å². The highest BCUT2D eigenvalue weighted by Gasteiger charge is 2.46. The molecule has 17 heavy (non-hydrogen) atoms. The minimum absolute atomic E-state index is 0.0953. The van der Waals surface area contributed by atoms with Gasteiger partial charge in [0.05, 0.1) is 0 Å². The van der Waals surface area contributed by atoms with Crippen molar-refractivity contribution < 1.29 is 26.3 Å². The molecule has 1 N–H and O–H groups in total. The molecule has 0 heterocycles. The molecule has 0 aromatic heterocycles. The van der Waals surface area contributed by atoms with Crippen molar-refractivity contribution in [2.75, 3.05) is 27.2 Å². The Hall–Kier alpha value is -0.630. The van der Waals surface area contributed by atoms with Gasteiger partial charge in [0, 0.05) is 20.1 Å². The first-order chi connectivity index (χ1) is 7.51. The number of allylic oxidation sites excluding steroid dienone is 2. The number of hydrogen-bond acceptors (Lipinski definition) is 2.